The van der Waals surface area contributed by atoms with Crippen LogP contribution in [0.3, 0.4) is 0 Å². The monoisotopic (exact) mass is 1020 g/mol. The molecule has 6 nitrogen and oxygen atoms in total. The third-order valence-electron chi connectivity index (χ3n) is 14.0. The van der Waals surface area contributed by atoms with Crippen LogP contribution >= 0.6 is 0 Å². The molecule has 0 bridgehead atoms. The van der Waals surface area contributed by atoms with Crippen molar-refractivity contribution in [1.82, 2.24) is 0 Å². The standard InChI is InChI=1S/C67H120O6/c1-4-7-10-13-16-19-22-25-28-31-33-36-39-42-45-48-51-54-57-60-66(69)72-63-64(62-71-65(68)59-56-53-50-47-44-41-38-35-30-27-24-21-18-15-12-9-6-3)73-67(70)61-58-55-52-49-46-43-40-37-34-32-29-26-23-20-17-14-11-8-5-2/h16-17,19-20,25-30,64H,4-15,18,21-24,31-63H2,1-3H3/b19-16-,20-17-,28-25-,29-26-,30-27-/t64-/m1/s1. The van der Waals surface area contributed by atoms with Crippen molar-refractivity contribution in [3.05, 3.63) is 60.8 Å². The molecule has 0 amide bonds. The summed E-state index contributed by atoms with van der Waals surface area (Å²) in [5.74, 6) is -0.873. The highest BCUT2D eigenvalue weighted by molar-refractivity contribution is 5.71. The van der Waals surface area contributed by atoms with E-state index in [1.807, 2.05) is 0 Å². The van der Waals surface area contributed by atoms with Crippen LogP contribution in [-0.4, -0.2) is 37.2 Å². The molecule has 0 unspecified atom stereocenters. The van der Waals surface area contributed by atoms with Gasteiger partial charge in [0, 0.05) is 19.3 Å². The zero-order chi connectivity index (χ0) is 52.9. The second-order valence-electron chi connectivity index (χ2n) is 21.3. The molecule has 0 heterocycles. The average Bonchev–Trinajstić information content (AvgIpc) is 3.39. The Morgan fingerprint density at radius 1 is 0.274 bits per heavy atom. The average molecular weight is 1020 g/mol. The van der Waals surface area contributed by atoms with Crippen molar-refractivity contribution >= 4 is 17.9 Å². The second-order valence-corrected chi connectivity index (χ2v) is 21.3. The molecule has 0 N–H and O–H groups in total. The van der Waals surface area contributed by atoms with Crippen LogP contribution in [-0.2, 0) is 28.6 Å². The Morgan fingerprint density at radius 3 is 0.795 bits per heavy atom. The maximum absolute atomic E-state index is 12.9. The van der Waals surface area contributed by atoms with Gasteiger partial charge >= 0.3 is 17.9 Å². The summed E-state index contributed by atoms with van der Waals surface area (Å²) in [6, 6.07) is 0. The molecule has 0 aliphatic carbocycles. The van der Waals surface area contributed by atoms with Crippen LogP contribution in [0.4, 0.5) is 0 Å². The van der Waals surface area contributed by atoms with Gasteiger partial charge < -0.3 is 14.2 Å². The van der Waals surface area contributed by atoms with Crippen molar-refractivity contribution in [3.8, 4) is 0 Å². The number of carbonyl (C=O) groups excluding carboxylic acids is 3. The Bertz CT molecular complexity index is 1310. The lowest BCUT2D eigenvalue weighted by atomic mass is 10.1. The summed E-state index contributed by atoms with van der Waals surface area (Å²) in [6.07, 6.45) is 77.8. The van der Waals surface area contributed by atoms with E-state index in [2.05, 4.69) is 81.5 Å². The molecule has 0 saturated carbocycles. The fourth-order valence-corrected chi connectivity index (χ4v) is 9.15. The number of allylic oxidation sites excluding steroid dienone is 10. The first-order chi connectivity index (χ1) is 36.0. The fourth-order valence-electron chi connectivity index (χ4n) is 9.15. The summed E-state index contributed by atoms with van der Waals surface area (Å²) in [5, 5.41) is 0. The number of carbonyl (C=O) groups is 3. The Labute approximate surface area is 453 Å². The Kier molecular flexibility index (Phi) is 59.2. The topological polar surface area (TPSA) is 78.9 Å². The van der Waals surface area contributed by atoms with Crippen LogP contribution in [0.15, 0.2) is 60.8 Å². The largest absolute Gasteiger partial charge is 0.462 e. The lowest BCUT2D eigenvalue weighted by Crippen LogP contribution is -2.30. The number of esters is 3. The van der Waals surface area contributed by atoms with E-state index >= 15 is 0 Å². The van der Waals surface area contributed by atoms with E-state index in [1.54, 1.807) is 0 Å². The number of unbranched alkanes of at least 4 members (excludes halogenated alkanes) is 37. The van der Waals surface area contributed by atoms with Gasteiger partial charge in [0.05, 0.1) is 0 Å². The molecular formula is C67H120O6. The lowest BCUT2D eigenvalue weighted by molar-refractivity contribution is -0.167. The van der Waals surface area contributed by atoms with Crippen molar-refractivity contribution in [2.75, 3.05) is 13.2 Å². The van der Waals surface area contributed by atoms with Crippen LogP contribution < -0.4 is 0 Å². The first kappa shape index (κ1) is 70.1. The molecule has 0 aliphatic rings. The molecule has 0 saturated heterocycles. The van der Waals surface area contributed by atoms with Crippen molar-refractivity contribution in [2.24, 2.45) is 0 Å². The summed E-state index contributed by atoms with van der Waals surface area (Å²) >= 11 is 0. The molecule has 0 aromatic carbocycles. The molecule has 424 valence electrons. The van der Waals surface area contributed by atoms with Gasteiger partial charge in [-0.05, 0) is 109 Å². The van der Waals surface area contributed by atoms with E-state index in [0.29, 0.717) is 19.3 Å². The maximum Gasteiger partial charge on any atom is 0.306 e. The van der Waals surface area contributed by atoms with Gasteiger partial charge in [-0.1, -0.05) is 261 Å². The minimum atomic E-state index is -0.781. The molecule has 6 heteroatoms. The molecular weight excluding hydrogens is 901 g/mol. The maximum atomic E-state index is 12.9. The van der Waals surface area contributed by atoms with Gasteiger partial charge in [0.1, 0.15) is 13.2 Å². The van der Waals surface area contributed by atoms with Crippen LogP contribution in [0.5, 0.6) is 0 Å². The summed E-state index contributed by atoms with van der Waals surface area (Å²) in [5.41, 5.74) is 0. The van der Waals surface area contributed by atoms with Crippen LogP contribution in [0.25, 0.3) is 0 Å². The van der Waals surface area contributed by atoms with Gasteiger partial charge in [0.25, 0.3) is 0 Å². The SMILES string of the molecule is CCCCC/C=C\C/C=C\CCCCCCCCCCCC(=O)OC[C@@H](COC(=O)CCCCCCCCC/C=C\CCCCCCCC)OC(=O)CCCCCCCCCCC/C=C\C/C=C\CCCCC. The number of ether oxygens (including phenoxy) is 3. The van der Waals surface area contributed by atoms with Crippen LogP contribution in [0.1, 0.15) is 329 Å². The number of rotatable bonds is 58. The lowest BCUT2D eigenvalue weighted by Gasteiger charge is -2.18. The normalized spacial score (nSPS) is 12.4. The van der Waals surface area contributed by atoms with E-state index in [4.69, 9.17) is 14.2 Å². The van der Waals surface area contributed by atoms with E-state index < -0.39 is 6.10 Å². The molecule has 73 heavy (non-hydrogen) atoms. The Hall–Kier alpha value is -2.89. The predicted molar refractivity (Wildman–Crippen MR) is 316 cm³/mol. The Balaban J connectivity index is 4.38. The Morgan fingerprint density at radius 2 is 0.493 bits per heavy atom. The van der Waals surface area contributed by atoms with E-state index in [9.17, 15) is 14.4 Å². The van der Waals surface area contributed by atoms with Gasteiger partial charge in [-0.3, -0.25) is 14.4 Å². The highest BCUT2D eigenvalue weighted by atomic mass is 16.6. The first-order valence-electron chi connectivity index (χ1n) is 31.8. The van der Waals surface area contributed by atoms with Crippen molar-refractivity contribution < 1.29 is 28.6 Å². The highest BCUT2D eigenvalue weighted by Gasteiger charge is 2.19. The summed E-state index contributed by atoms with van der Waals surface area (Å²) in [7, 11) is 0. The smallest absolute Gasteiger partial charge is 0.306 e. The van der Waals surface area contributed by atoms with Crippen LogP contribution in [0, 0.1) is 0 Å². The third kappa shape index (κ3) is 59.9. The van der Waals surface area contributed by atoms with Crippen molar-refractivity contribution in [1.29, 1.82) is 0 Å². The minimum Gasteiger partial charge on any atom is -0.462 e. The molecule has 0 aromatic rings. The van der Waals surface area contributed by atoms with Gasteiger partial charge in [0.2, 0.25) is 0 Å². The summed E-state index contributed by atoms with van der Waals surface area (Å²) in [6.45, 7) is 6.62. The second kappa shape index (κ2) is 61.7. The molecule has 0 rings (SSSR count). The molecule has 0 spiro atoms. The minimum absolute atomic E-state index is 0.0777. The quantitative estimate of drug-likeness (QED) is 0.0261. The fraction of sp³-hybridized carbons (Fsp3) is 0.806. The highest BCUT2D eigenvalue weighted by Crippen LogP contribution is 2.16. The molecule has 0 aromatic heterocycles. The van der Waals surface area contributed by atoms with E-state index in [-0.39, 0.29) is 31.1 Å². The molecule has 0 fully saturated rings. The van der Waals surface area contributed by atoms with Gasteiger partial charge in [-0.15, -0.1) is 0 Å². The van der Waals surface area contributed by atoms with Crippen molar-refractivity contribution in [3.63, 3.8) is 0 Å². The number of hydrogen-bond donors (Lipinski definition) is 0. The predicted octanol–water partition coefficient (Wildman–Crippen LogP) is 21.6. The van der Waals surface area contributed by atoms with E-state index in [0.717, 1.165) is 70.6 Å². The molecule has 0 aliphatic heterocycles. The molecule has 1 atom stereocenters. The zero-order valence-corrected chi connectivity index (χ0v) is 48.7. The number of hydrogen-bond acceptors (Lipinski definition) is 6. The van der Waals surface area contributed by atoms with Gasteiger partial charge in [-0.2, -0.15) is 0 Å². The molecule has 0 radical (unpaired) electrons. The van der Waals surface area contributed by atoms with Gasteiger partial charge in [-0.25, -0.2) is 0 Å². The zero-order valence-electron chi connectivity index (χ0n) is 48.7. The van der Waals surface area contributed by atoms with Crippen molar-refractivity contribution in [2.45, 2.75) is 335 Å². The summed E-state index contributed by atoms with van der Waals surface area (Å²) in [4.78, 5) is 38.3. The first-order valence-corrected chi connectivity index (χ1v) is 31.8. The third-order valence-corrected chi connectivity index (χ3v) is 14.0. The summed E-state index contributed by atoms with van der Waals surface area (Å²) < 4.78 is 16.9. The van der Waals surface area contributed by atoms with E-state index in [1.165, 1.54) is 218 Å². The van der Waals surface area contributed by atoms with Crippen LogP contribution in [0.2, 0.25) is 0 Å². The van der Waals surface area contributed by atoms with Gasteiger partial charge in [0.15, 0.2) is 6.10 Å².